The van der Waals surface area contributed by atoms with Gasteiger partial charge in [-0.05, 0) is 36.5 Å². The summed E-state index contributed by atoms with van der Waals surface area (Å²) in [6.45, 7) is 2.59. The molecule has 0 unspecified atom stereocenters. The van der Waals surface area contributed by atoms with E-state index < -0.39 is 0 Å². The Morgan fingerprint density at radius 1 is 1.17 bits per heavy atom. The zero-order valence-electron chi connectivity index (χ0n) is 13.0. The molecule has 1 saturated carbocycles. The largest absolute Gasteiger partial charge is 0.364 e. The van der Waals surface area contributed by atoms with Gasteiger partial charge in [0, 0.05) is 37.9 Å². The molecule has 6 nitrogen and oxygen atoms in total. The summed E-state index contributed by atoms with van der Waals surface area (Å²) in [4.78, 5) is 8.54. The Morgan fingerprint density at radius 3 is 2.87 bits per heavy atom. The molecule has 3 aromatic rings. The van der Waals surface area contributed by atoms with Crippen LogP contribution in [0.2, 0.25) is 0 Å². The highest BCUT2D eigenvalue weighted by Gasteiger charge is 2.22. The number of hydrogen-bond donors (Lipinski definition) is 1. The molecule has 1 N–H and O–H groups in total. The Morgan fingerprint density at radius 2 is 2.13 bits per heavy atom. The minimum Gasteiger partial charge on any atom is -0.364 e. The van der Waals surface area contributed by atoms with E-state index in [1.54, 1.807) is 6.20 Å². The maximum Gasteiger partial charge on any atom is 0.126 e. The molecule has 6 heteroatoms. The van der Waals surface area contributed by atoms with Crippen molar-refractivity contribution in [3.63, 3.8) is 0 Å². The van der Waals surface area contributed by atoms with Crippen LogP contribution < -0.4 is 5.32 Å². The molecule has 0 saturated heterocycles. The molecule has 0 radical (unpaired) electrons. The molecule has 0 amide bonds. The van der Waals surface area contributed by atoms with Crippen molar-refractivity contribution in [2.24, 2.45) is 5.92 Å². The van der Waals surface area contributed by atoms with E-state index in [2.05, 4.69) is 37.2 Å². The van der Waals surface area contributed by atoms with Crippen molar-refractivity contribution in [1.29, 1.82) is 0 Å². The molecule has 0 spiro atoms. The number of nitrogens with one attached hydrogen (secondary N) is 1. The molecule has 0 aliphatic heterocycles. The third-order valence-electron chi connectivity index (χ3n) is 4.13. The zero-order chi connectivity index (χ0) is 15.5. The molecule has 3 heterocycles. The summed E-state index contributed by atoms with van der Waals surface area (Å²) >= 11 is 0. The second-order valence-electron chi connectivity index (χ2n) is 6.09. The minimum absolute atomic E-state index is 0.751. The van der Waals surface area contributed by atoms with Crippen LogP contribution in [0.4, 0.5) is 5.82 Å². The van der Waals surface area contributed by atoms with Crippen LogP contribution in [0.3, 0.4) is 0 Å². The summed E-state index contributed by atoms with van der Waals surface area (Å²) in [5.74, 6) is 1.72. The van der Waals surface area contributed by atoms with Crippen molar-refractivity contribution in [3.05, 3.63) is 60.6 Å². The normalized spacial score (nSPS) is 14.1. The van der Waals surface area contributed by atoms with Gasteiger partial charge in [-0.1, -0.05) is 6.07 Å². The summed E-state index contributed by atoms with van der Waals surface area (Å²) < 4.78 is 4.14. The van der Waals surface area contributed by atoms with Crippen molar-refractivity contribution < 1.29 is 0 Å². The van der Waals surface area contributed by atoms with E-state index in [4.69, 9.17) is 0 Å². The van der Waals surface area contributed by atoms with Gasteiger partial charge < -0.3 is 9.88 Å². The fourth-order valence-corrected chi connectivity index (χ4v) is 2.61. The highest BCUT2D eigenvalue weighted by atomic mass is 15.3. The Labute approximate surface area is 135 Å². The molecular formula is C17H20N6. The second-order valence-corrected chi connectivity index (χ2v) is 6.09. The van der Waals surface area contributed by atoms with Gasteiger partial charge in [-0.3, -0.25) is 4.68 Å². The Kier molecular flexibility index (Phi) is 3.80. The summed E-state index contributed by atoms with van der Waals surface area (Å²) in [6.07, 6.45) is 12.0. The lowest BCUT2D eigenvalue weighted by molar-refractivity contribution is 0.543. The van der Waals surface area contributed by atoms with Gasteiger partial charge in [-0.25, -0.2) is 9.97 Å². The van der Waals surface area contributed by atoms with Gasteiger partial charge in [0.25, 0.3) is 0 Å². The average molecular weight is 308 g/mol. The zero-order valence-corrected chi connectivity index (χ0v) is 13.0. The first kappa shape index (κ1) is 14.0. The standard InChI is InChI=1S/C17H20N6/c1-2-14(1)12-23-16(5-6-21-23)10-20-17-4-3-15(9-19-17)11-22-8-7-18-13-22/h3-9,13-14H,1-2,10-12H2,(H,19,20). The molecule has 1 aliphatic rings. The number of rotatable bonds is 7. The molecule has 4 rings (SSSR count). The summed E-state index contributed by atoms with van der Waals surface area (Å²) in [6, 6.07) is 6.19. The summed E-state index contributed by atoms with van der Waals surface area (Å²) in [5, 5.41) is 7.79. The summed E-state index contributed by atoms with van der Waals surface area (Å²) in [5.41, 5.74) is 2.37. The maximum atomic E-state index is 4.49. The molecule has 0 aromatic carbocycles. The fourth-order valence-electron chi connectivity index (χ4n) is 2.61. The lowest BCUT2D eigenvalue weighted by atomic mass is 10.3. The average Bonchev–Trinajstić information content (AvgIpc) is 3.05. The lowest BCUT2D eigenvalue weighted by Gasteiger charge is -2.09. The van der Waals surface area contributed by atoms with Crippen molar-refractivity contribution in [3.8, 4) is 0 Å². The smallest absolute Gasteiger partial charge is 0.126 e. The van der Waals surface area contributed by atoms with Crippen LogP contribution in [0.25, 0.3) is 0 Å². The predicted octanol–water partition coefficient (Wildman–Crippen LogP) is 2.55. The van der Waals surface area contributed by atoms with Gasteiger partial charge in [0.2, 0.25) is 0 Å². The van der Waals surface area contributed by atoms with E-state index in [1.807, 2.05) is 35.6 Å². The third kappa shape index (κ3) is 3.59. The molecule has 1 fully saturated rings. The van der Waals surface area contributed by atoms with Crippen molar-refractivity contribution in [1.82, 2.24) is 24.3 Å². The van der Waals surface area contributed by atoms with Crippen molar-refractivity contribution in [2.75, 3.05) is 5.32 Å². The maximum absolute atomic E-state index is 4.49. The van der Waals surface area contributed by atoms with Gasteiger partial charge in [0.05, 0.1) is 18.6 Å². The van der Waals surface area contributed by atoms with Crippen LogP contribution in [0.5, 0.6) is 0 Å². The van der Waals surface area contributed by atoms with Gasteiger partial charge in [0.1, 0.15) is 5.82 Å². The number of hydrogen-bond acceptors (Lipinski definition) is 4. The van der Waals surface area contributed by atoms with Crippen LogP contribution in [0.1, 0.15) is 24.1 Å². The van der Waals surface area contributed by atoms with E-state index in [-0.39, 0.29) is 0 Å². The highest BCUT2D eigenvalue weighted by molar-refractivity contribution is 5.36. The molecule has 118 valence electrons. The van der Waals surface area contributed by atoms with Crippen LogP contribution >= 0.6 is 0 Å². The van der Waals surface area contributed by atoms with E-state index in [9.17, 15) is 0 Å². The van der Waals surface area contributed by atoms with Gasteiger partial charge >= 0.3 is 0 Å². The van der Waals surface area contributed by atoms with E-state index in [0.717, 1.165) is 36.9 Å². The van der Waals surface area contributed by atoms with Gasteiger partial charge in [0.15, 0.2) is 0 Å². The molecule has 0 bridgehead atoms. The quantitative estimate of drug-likeness (QED) is 0.728. The van der Waals surface area contributed by atoms with Crippen molar-refractivity contribution in [2.45, 2.75) is 32.5 Å². The van der Waals surface area contributed by atoms with Crippen molar-refractivity contribution >= 4 is 5.82 Å². The molecule has 0 atom stereocenters. The molecule has 3 aromatic heterocycles. The summed E-state index contributed by atoms with van der Waals surface area (Å²) in [7, 11) is 0. The number of pyridine rings is 1. The first-order valence-corrected chi connectivity index (χ1v) is 8.02. The van der Waals surface area contributed by atoms with Crippen LogP contribution in [-0.2, 0) is 19.6 Å². The molecular weight excluding hydrogens is 288 g/mol. The number of imidazole rings is 1. The third-order valence-corrected chi connectivity index (χ3v) is 4.13. The lowest BCUT2D eigenvalue weighted by Crippen LogP contribution is -2.11. The van der Waals surface area contributed by atoms with Gasteiger partial charge in [-0.2, -0.15) is 5.10 Å². The molecule has 23 heavy (non-hydrogen) atoms. The number of aromatic nitrogens is 5. The van der Waals surface area contributed by atoms with Crippen LogP contribution in [0.15, 0.2) is 49.3 Å². The predicted molar refractivity (Wildman–Crippen MR) is 87.8 cm³/mol. The first-order chi connectivity index (χ1) is 11.4. The topological polar surface area (TPSA) is 60.6 Å². The minimum atomic E-state index is 0.751. The Balaban J connectivity index is 1.34. The highest BCUT2D eigenvalue weighted by Crippen LogP contribution is 2.30. The fraction of sp³-hybridized carbons (Fsp3) is 0.353. The second kappa shape index (κ2) is 6.24. The number of anilines is 1. The number of nitrogens with zero attached hydrogens (tertiary/aromatic N) is 5. The van der Waals surface area contributed by atoms with E-state index >= 15 is 0 Å². The van der Waals surface area contributed by atoms with E-state index in [0.29, 0.717) is 0 Å². The Bertz CT molecular complexity index is 740. The molecule has 1 aliphatic carbocycles. The van der Waals surface area contributed by atoms with Crippen LogP contribution in [0, 0.1) is 5.92 Å². The monoisotopic (exact) mass is 308 g/mol. The van der Waals surface area contributed by atoms with Crippen LogP contribution in [-0.4, -0.2) is 24.3 Å². The Hall–Kier alpha value is -2.63. The SMILES string of the molecule is c1cn(Cc2ccc(NCc3ccnn3CC3CC3)nc2)cn1. The van der Waals surface area contributed by atoms with E-state index in [1.165, 1.54) is 18.5 Å². The first-order valence-electron chi connectivity index (χ1n) is 8.02. The van der Waals surface area contributed by atoms with Gasteiger partial charge in [-0.15, -0.1) is 0 Å².